The SMILES string of the molecule is O=C(O)CC(=O)OC[C@H]1O[C@@H](Oc2cc(=O)cc3oc(-c4ccc(O)cc4)c(O[C@@H]4O[C@H](COC(=[OH+])C=Cc5ccc(O)cc5)[C@@H](O)[C@H](O)[C@H]4O[C@@H]4OC[C@@H](O)[C@H](O)[C@H]4O)cc2-3)[C@H](O)[C@@H](O)[C@@H]1O. The second-order valence-corrected chi connectivity index (χ2v) is 15.8. The summed E-state index contributed by atoms with van der Waals surface area (Å²) in [6.45, 7) is -1.98. The molecule has 24 nitrogen and oxygen atoms in total. The summed E-state index contributed by atoms with van der Waals surface area (Å²) in [6.07, 6.45) is -23.9. The molecule has 0 aromatic heterocycles. The number of aliphatic carboxylic acids is 1. The van der Waals surface area contributed by atoms with Crippen LogP contribution in [0, 0.1) is 0 Å². The minimum absolute atomic E-state index is 0.00818. The van der Waals surface area contributed by atoms with Crippen LogP contribution in [0.4, 0.5) is 0 Å². The van der Waals surface area contributed by atoms with E-state index in [-0.39, 0.29) is 39.9 Å². The minimum atomic E-state index is -2.01. The van der Waals surface area contributed by atoms with E-state index < -0.39 is 141 Å². The van der Waals surface area contributed by atoms with E-state index in [4.69, 9.17) is 47.4 Å². The molecule has 12 N–H and O–H groups in total. The van der Waals surface area contributed by atoms with Gasteiger partial charge in [-0.15, -0.1) is 0 Å². The van der Waals surface area contributed by atoms with Gasteiger partial charge < -0.3 is 103 Å². The van der Waals surface area contributed by atoms with Crippen molar-refractivity contribution in [1.29, 1.82) is 0 Å². The Morgan fingerprint density at radius 3 is 1.97 bits per heavy atom. The van der Waals surface area contributed by atoms with Gasteiger partial charge in [0.25, 0.3) is 0 Å². The molecule has 2 aromatic rings. The number of esters is 2. The molecular formula is C44H47O24+. The fourth-order valence-electron chi connectivity index (χ4n) is 7.22. The monoisotopic (exact) mass is 959 g/mol. The van der Waals surface area contributed by atoms with Crippen LogP contribution in [0.25, 0.3) is 28.7 Å². The zero-order valence-corrected chi connectivity index (χ0v) is 35.2. The summed E-state index contributed by atoms with van der Waals surface area (Å²) in [6, 6.07) is 14.5. The highest BCUT2D eigenvalue weighted by Crippen LogP contribution is 2.43. The van der Waals surface area contributed by atoms with Crippen molar-refractivity contribution < 1.29 is 113 Å². The van der Waals surface area contributed by atoms with Crippen LogP contribution in [0.2, 0.25) is 0 Å². The van der Waals surface area contributed by atoms with Crippen molar-refractivity contribution in [1.82, 2.24) is 0 Å². The van der Waals surface area contributed by atoms with Crippen LogP contribution in [0.15, 0.2) is 82.0 Å². The third kappa shape index (κ3) is 11.5. The van der Waals surface area contributed by atoms with Gasteiger partial charge in [-0.3, -0.25) is 14.4 Å². The van der Waals surface area contributed by atoms with E-state index in [0.29, 0.717) is 5.56 Å². The van der Waals surface area contributed by atoms with E-state index in [1.165, 1.54) is 48.5 Å². The molecule has 0 radical (unpaired) electrons. The van der Waals surface area contributed by atoms with E-state index in [1.54, 1.807) is 12.1 Å². The first-order chi connectivity index (χ1) is 32.4. The molecule has 14 atom stereocenters. The first-order valence-electron chi connectivity index (χ1n) is 20.7. The number of aromatic hydroxyl groups is 2. The van der Waals surface area contributed by atoms with Gasteiger partial charge in [-0.2, -0.15) is 0 Å². The van der Waals surface area contributed by atoms with Gasteiger partial charge in [0.2, 0.25) is 19.2 Å². The maximum atomic E-state index is 13.1. The normalized spacial score (nSPS) is 30.7. The summed E-state index contributed by atoms with van der Waals surface area (Å²) in [5, 5.41) is 115. The largest absolute Gasteiger partial charge is 0.510 e. The molecular weight excluding hydrogens is 912 g/mol. The van der Waals surface area contributed by atoms with E-state index >= 15 is 0 Å². The van der Waals surface area contributed by atoms with Gasteiger partial charge in [0.15, 0.2) is 35.4 Å². The molecule has 24 heteroatoms. The molecule has 0 unspecified atom stereocenters. The zero-order chi connectivity index (χ0) is 49.0. The van der Waals surface area contributed by atoms with Crippen molar-refractivity contribution in [2.24, 2.45) is 0 Å². The van der Waals surface area contributed by atoms with Gasteiger partial charge in [0, 0.05) is 17.7 Å². The first kappa shape index (κ1) is 49.6. The van der Waals surface area contributed by atoms with Crippen LogP contribution in [0.5, 0.6) is 23.0 Å². The number of rotatable bonds is 15. The zero-order valence-electron chi connectivity index (χ0n) is 35.2. The molecule has 3 fully saturated rings. The number of phenolic OH excluding ortho intramolecular Hbond substituents is 2. The summed E-state index contributed by atoms with van der Waals surface area (Å²) < 4.78 is 51.7. The number of benzene rings is 3. The third-order valence-electron chi connectivity index (χ3n) is 10.9. The molecule has 2 aromatic carbocycles. The van der Waals surface area contributed by atoms with Crippen molar-refractivity contribution in [2.45, 2.75) is 92.4 Å². The number of carbonyl (C=O) groups is 2. The number of carboxylic acid groups (broad SMARTS) is 1. The minimum Gasteiger partial charge on any atom is -0.508 e. The van der Waals surface area contributed by atoms with Crippen LogP contribution < -0.4 is 14.9 Å². The van der Waals surface area contributed by atoms with E-state index in [2.05, 4.69) is 0 Å². The van der Waals surface area contributed by atoms with Gasteiger partial charge in [0.05, 0.1) is 18.2 Å². The predicted octanol–water partition coefficient (Wildman–Crippen LogP) is -2.09. The lowest BCUT2D eigenvalue weighted by Crippen LogP contribution is -2.64. The fourth-order valence-corrected chi connectivity index (χ4v) is 7.22. The summed E-state index contributed by atoms with van der Waals surface area (Å²) >= 11 is 0. The first-order valence-corrected chi connectivity index (χ1v) is 20.7. The predicted molar refractivity (Wildman–Crippen MR) is 223 cm³/mol. The molecule has 4 aliphatic heterocycles. The Morgan fingerprint density at radius 2 is 1.29 bits per heavy atom. The van der Waals surface area contributed by atoms with Crippen LogP contribution in [0.1, 0.15) is 12.0 Å². The Balaban J connectivity index is 1.23. The molecule has 366 valence electrons. The summed E-state index contributed by atoms with van der Waals surface area (Å²) in [5.74, 6) is -4.64. The lowest BCUT2D eigenvalue weighted by Gasteiger charge is -2.44. The highest BCUT2D eigenvalue weighted by molar-refractivity contribution is 5.90. The van der Waals surface area contributed by atoms with Gasteiger partial charge in [-0.05, 0) is 54.1 Å². The Labute approximate surface area is 382 Å². The van der Waals surface area contributed by atoms with Crippen LogP contribution >= 0.6 is 0 Å². The van der Waals surface area contributed by atoms with E-state index in [0.717, 1.165) is 18.2 Å². The molecule has 0 saturated carbocycles. The number of aliphatic hydroxyl groups excluding tert-OH is 8. The van der Waals surface area contributed by atoms with Crippen LogP contribution in [-0.2, 0) is 38.0 Å². The van der Waals surface area contributed by atoms with E-state index in [9.17, 15) is 70.2 Å². The van der Waals surface area contributed by atoms with Gasteiger partial charge in [-0.25, -0.2) is 0 Å². The highest BCUT2D eigenvalue weighted by Gasteiger charge is 2.52. The molecule has 68 heavy (non-hydrogen) atoms. The number of carboxylic acids is 1. The van der Waals surface area contributed by atoms with Crippen molar-refractivity contribution >= 4 is 24.0 Å². The molecule has 5 aliphatic rings. The second kappa shape index (κ2) is 21.4. The summed E-state index contributed by atoms with van der Waals surface area (Å²) in [7, 11) is 0. The quantitative estimate of drug-likeness (QED) is 0.0263. The molecule has 3 saturated heterocycles. The Hall–Kier alpha value is -6.26. The number of aliphatic hydroxyl groups is 8. The Bertz CT molecular complexity index is 2440. The number of hydrogen-bond acceptors (Lipinski definition) is 22. The second-order valence-electron chi connectivity index (χ2n) is 15.8. The lowest BCUT2D eigenvalue weighted by atomic mass is 9.98. The standard InChI is InChI=1S/C44H46O24/c45-20-6-1-18(2-7-20)3-10-31(51)60-16-29-35(55)37(57)41(68-42-38(58)33(53)24(48)15-62-42)44(67-29)65-27-13-23-25(63-40(27)19-4-8-21(46)9-5-19)11-22(47)12-26(23)64-43-39(59)36(56)34(54)28(66-43)17-61-32(52)14-30(49)50/h1-13,24,28-29,33-39,41-46,48,53-59H,14-17H2,(H,49,50)/p+1/t24-,28-,29-,33+,34-,35-,36+,37+,38-,39-,41-,42+,43-,44-/m1/s1. The maximum Gasteiger partial charge on any atom is 0.510 e. The number of hydrogen-bond donors (Lipinski definition) is 11. The number of phenols is 2. The van der Waals surface area contributed by atoms with Crippen molar-refractivity contribution in [3.63, 3.8) is 0 Å². The molecule has 4 heterocycles. The lowest BCUT2D eigenvalue weighted by molar-refractivity contribution is -0.344. The van der Waals surface area contributed by atoms with Crippen molar-refractivity contribution in [3.05, 3.63) is 88.6 Å². The highest BCUT2D eigenvalue weighted by atomic mass is 16.8. The fraction of sp³-hybridized carbons (Fsp3) is 0.409. The summed E-state index contributed by atoms with van der Waals surface area (Å²) in [5.41, 5.74) is -0.0865. The molecule has 7 rings (SSSR count). The number of fused-ring (bicyclic) bond motifs is 1. The Kier molecular flexibility index (Phi) is 15.6. The van der Waals surface area contributed by atoms with Crippen molar-refractivity contribution in [2.75, 3.05) is 19.8 Å². The average molecular weight is 960 g/mol. The smallest absolute Gasteiger partial charge is 0.508 e. The van der Waals surface area contributed by atoms with Gasteiger partial charge in [0.1, 0.15) is 91.0 Å². The molecule has 0 spiro atoms. The summed E-state index contributed by atoms with van der Waals surface area (Å²) in [4.78, 5) is 46.5. The average Bonchev–Trinajstić information content (AvgIpc) is 3.30. The van der Waals surface area contributed by atoms with Crippen LogP contribution in [-0.4, -0.2) is 185 Å². The number of carbonyl (C=O) groups excluding carboxylic acids is 2. The van der Waals surface area contributed by atoms with Gasteiger partial charge >= 0.3 is 17.9 Å². The van der Waals surface area contributed by atoms with Crippen molar-refractivity contribution in [3.8, 4) is 45.6 Å². The van der Waals surface area contributed by atoms with E-state index in [1.807, 2.05) is 0 Å². The van der Waals surface area contributed by atoms with Crippen LogP contribution in [0.3, 0.4) is 0 Å². The molecule has 0 bridgehead atoms. The topological polar surface area (TPSA) is 382 Å². The number of ether oxygens (including phenoxy) is 8. The van der Waals surface area contributed by atoms with Gasteiger partial charge in [-0.1, -0.05) is 12.1 Å². The maximum absolute atomic E-state index is 13.1. The molecule has 0 amide bonds. The Morgan fingerprint density at radius 1 is 0.691 bits per heavy atom. The third-order valence-corrected chi connectivity index (χ3v) is 10.9. The molecule has 1 aliphatic carbocycles.